The molecule has 3 nitrogen and oxygen atoms in total. The molecule has 4 rings (SSSR count). The molecule has 0 atom stereocenters. The van der Waals surface area contributed by atoms with Gasteiger partial charge >= 0.3 is 0 Å². The lowest BCUT2D eigenvalue weighted by atomic mass is 9.72. The molecule has 0 heterocycles. The van der Waals surface area contributed by atoms with E-state index in [-0.39, 0.29) is 0 Å². The molecule has 0 aromatic heterocycles. The van der Waals surface area contributed by atoms with Crippen molar-refractivity contribution >= 4 is 29.1 Å². The number of allylic oxidation sites excluding steroid dienone is 2. The van der Waals surface area contributed by atoms with Gasteiger partial charge in [0.1, 0.15) is 0 Å². The average molecular weight is 462 g/mol. The van der Waals surface area contributed by atoms with E-state index in [1.54, 1.807) is 0 Å². The van der Waals surface area contributed by atoms with E-state index in [0.717, 1.165) is 40.9 Å². The average Bonchev–Trinajstić information content (AvgIpc) is 2.86. The Labute approximate surface area is 209 Å². The predicted molar refractivity (Wildman–Crippen MR) is 151 cm³/mol. The minimum Gasteiger partial charge on any atom is -0.398 e. The maximum Gasteiger partial charge on any atom is 0.0409 e. The molecular formula is C32H35N3. The molecule has 0 aliphatic heterocycles. The molecule has 0 radical (unpaired) electrons. The summed E-state index contributed by atoms with van der Waals surface area (Å²) >= 11 is 0. The smallest absolute Gasteiger partial charge is 0.0409 e. The lowest BCUT2D eigenvalue weighted by molar-refractivity contribution is 0.401. The first-order valence-corrected chi connectivity index (χ1v) is 12.5. The number of hydrogen-bond donors (Lipinski definition) is 3. The van der Waals surface area contributed by atoms with Crippen LogP contribution in [0.5, 0.6) is 0 Å². The molecule has 4 N–H and O–H groups in total. The predicted octanol–water partition coefficient (Wildman–Crippen LogP) is 7.55. The van der Waals surface area contributed by atoms with Gasteiger partial charge in [-0.05, 0) is 70.7 Å². The molecule has 35 heavy (non-hydrogen) atoms. The normalized spacial score (nSPS) is 14.3. The highest BCUT2D eigenvalue weighted by Gasteiger charge is 2.28. The number of anilines is 1. The van der Waals surface area contributed by atoms with Crippen LogP contribution in [0, 0.1) is 11.3 Å². The Kier molecular flexibility index (Phi) is 7.99. The second-order valence-corrected chi connectivity index (χ2v) is 9.14. The zero-order valence-corrected chi connectivity index (χ0v) is 20.6. The van der Waals surface area contributed by atoms with E-state index in [1.807, 2.05) is 18.2 Å². The molecule has 0 unspecified atom stereocenters. The standard InChI is InChI=1S/C32H35N3/c1-3-21-35-23(2)15-16-24-17-19-27(20-18-24)32(28-13-8-14-30(34)29(28)22-33)31(26-11-7-12-26)25-9-5-4-6-10-25/h4-6,8-10,13-20,22,26,33,35H,2-3,7,11-12,21,34H2,1H3/b16-15+,32-31-,33-22?. The van der Waals surface area contributed by atoms with Gasteiger partial charge in [0, 0.05) is 29.7 Å². The quantitative estimate of drug-likeness (QED) is 0.126. The molecule has 0 amide bonds. The van der Waals surface area contributed by atoms with Crippen LogP contribution < -0.4 is 11.1 Å². The lowest BCUT2D eigenvalue weighted by Crippen LogP contribution is -2.15. The Morgan fingerprint density at radius 1 is 1.00 bits per heavy atom. The van der Waals surface area contributed by atoms with Crippen LogP contribution in [-0.4, -0.2) is 12.8 Å². The molecule has 3 heteroatoms. The summed E-state index contributed by atoms with van der Waals surface area (Å²) in [6, 6.07) is 25.3. The molecule has 0 saturated heterocycles. The van der Waals surface area contributed by atoms with Crippen molar-refractivity contribution < 1.29 is 0 Å². The Bertz CT molecular complexity index is 1230. The summed E-state index contributed by atoms with van der Waals surface area (Å²) in [5.74, 6) is 0.500. The zero-order chi connectivity index (χ0) is 24.6. The maximum absolute atomic E-state index is 8.12. The zero-order valence-electron chi connectivity index (χ0n) is 20.6. The van der Waals surface area contributed by atoms with E-state index in [4.69, 9.17) is 11.1 Å². The van der Waals surface area contributed by atoms with Crippen LogP contribution in [0.15, 0.2) is 91.1 Å². The van der Waals surface area contributed by atoms with E-state index in [0.29, 0.717) is 11.6 Å². The Hall–Kier alpha value is -3.85. The van der Waals surface area contributed by atoms with E-state index < -0.39 is 0 Å². The first-order chi connectivity index (χ1) is 17.1. The summed E-state index contributed by atoms with van der Waals surface area (Å²) in [7, 11) is 0. The van der Waals surface area contributed by atoms with Gasteiger partial charge in [-0.25, -0.2) is 0 Å². The monoisotopic (exact) mass is 461 g/mol. The fourth-order valence-corrected chi connectivity index (χ4v) is 4.62. The van der Waals surface area contributed by atoms with Gasteiger partial charge in [-0.1, -0.05) is 92.7 Å². The number of rotatable bonds is 10. The first kappa shape index (κ1) is 24.3. The van der Waals surface area contributed by atoms with E-state index in [1.165, 1.54) is 42.2 Å². The molecule has 1 aliphatic rings. The number of nitrogens with one attached hydrogen (secondary N) is 2. The van der Waals surface area contributed by atoms with Crippen LogP contribution >= 0.6 is 0 Å². The summed E-state index contributed by atoms with van der Waals surface area (Å²) < 4.78 is 0. The topological polar surface area (TPSA) is 61.9 Å². The van der Waals surface area contributed by atoms with Crippen LogP contribution in [0.25, 0.3) is 17.2 Å². The molecular weight excluding hydrogens is 426 g/mol. The number of nitrogen functional groups attached to an aromatic ring is 1. The number of benzene rings is 3. The highest BCUT2D eigenvalue weighted by Crippen LogP contribution is 2.45. The Morgan fingerprint density at radius 2 is 1.74 bits per heavy atom. The van der Waals surface area contributed by atoms with Crippen molar-refractivity contribution in [2.75, 3.05) is 12.3 Å². The van der Waals surface area contributed by atoms with Crippen LogP contribution in [0.2, 0.25) is 0 Å². The third-order valence-electron chi connectivity index (χ3n) is 6.70. The maximum atomic E-state index is 8.12. The third kappa shape index (κ3) is 5.63. The first-order valence-electron chi connectivity index (χ1n) is 12.5. The molecule has 0 bridgehead atoms. The largest absolute Gasteiger partial charge is 0.398 e. The van der Waals surface area contributed by atoms with Gasteiger partial charge < -0.3 is 16.5 Å². The molecule has 178 valence electrons. The highest BCUT2D eigenvalue weighted by atomic mass is 14.9. The van der Waals surface area contributed by atoms with Gasteiger partial charge in [-0.2, -0.15) is 0 Å². The summed E-state index contributed by atoms with van der Waals surface area (Å²) in [5, 5.41) is 11.4. The fraction of sp³-hybridized carbons (Fsp3) is 0.219. The Morgan fingerprint density at radius 3 is 2.37 bits per heavy atom. The van der Waals surface area contributed by atoms with Crippen molar-refractivity contribution in [2.24, 2.45) is 5.92 Å². The van der Waals surface area contributed by atoms with E-state index in [9.17, 15) is 0 Å². The van der Waals surface area contributed by atoms with Gasteiger partial charge in [-0.15, -0.1) is 0 Å². The van der Waals surface area contributed by atoms with Gasteiger partial charge in [0.15, 0.2) is 0 Å². The fourth-order valence-electron chi connectivity index (χ4n) is 4.62. The summed E-state index contributed by atoms with van der Waals surface area (Å²) in [6.07, 6.45) is 10.2. The van der Waals surface area contributed by atoms with Crippen LogP contribution in [0.3, 0.4) is 0 Å². The Balaban J connectivity index is 1.84. The minimum atomic E-state index is 0.500. The molecule has 3 aromatic rings. The van der Waals surface area contributed by atoms with Crippen molar-refractivity contribution in [1.82, 2.24) is 5.32 Å². The van der Waals surface area contributed by atoms with E-state index >= 15 is 0 Å². The van der Waals surface area contributed by atoms with Crippen molar-refractivity contribution in [3.05, 3.63) is 119 Å². The van der Waals surface area contributed by atoms with Gasteiger partial charge in [0.05, 0.1) is 0 Å². The highest BCUT2D eigenvalue weighted by molar-refractivity contribution is 6.05. The minimum absolute atomic E-state index is 0.500. The lowest BCUT2D eigenvalue weighted by Gasteiger charge is -2.32. The summed E-state index contributed by atoms with van der Waals surface area (Å²) in [4.78, 5) is 0. The molecule has 3 aromatic carbocycles. The van der Waals surface area contributed by atoms with Gasteiger partial charge in [0.25, 0.3) is 0 Å². The summed E-state index contributed by atoms with van der Waals surface area (Å²) in [6.45, 7) is 7.14. The number of hydrogen-bond acceptors (Lipinski definition) is 3. The van der Waals surface area contributed by atoms with Crippen molar-refractivity contribution in [3.63, 3.8) is 0 Å². The van der Waals surface area contributed by atoms with Gasteiger partial charge in [-0.3, -0.25) is 0 Å². The summed E-state index contributed by atoms with van der Waals surface area (Å²) in [5.41, 5.74) is 15.7. The molecule has 1 saturated carbocycles. The number of nitrogens with two attached hydrogens (primary N) is 1. The second kappa shape index (κ2) is 11.5. The van der Waals surface area contributed by atoms with Crippen molar-refractivity contribution in [3.8, 4) is 0 Å². The third-order valence-corrected chi connectivity index (χ3v) is 6.70. The van der Waals surface area contributed by atoms with Gasteiger partial charge in [0.2, 0.25) is 0 Å². The molecule has 0 spiro atoms. The molecule has 1 aliphatic carbocycles. The van der Waals surface area contributed by atoms with E-state index in [2.05, 4.69) is 85.6 Å². The second-order valence-electron chi connectivity index (χ2n) is 9.14. The SMILES string of the molecule is C=C(/C=C/c1ccc(/C(=C(\c2ccccc2)C2CCC2)c2cccc(N)c2C=N)cc1)NCCC. The van der Waals surface area contributed by atoms with Crippen LogP contribution in [0.4, 0.5) is 5.69 Å². The van der Waals surface area contributed by atoms with Crippen molar-refractivity contribution in [1.29, 1.82) is 5.41 Å². The molecule has 1 fully saturated rings. The van der Waals surface area contributed by atoms with Crippen LogP contribution in [-0.2, 0) is 0 Å². The van der Waals surface area contributed by atoms with Crippen molar-refractivity contribution in [2.45, 2.75) is 32.6 Å². The van der Waals surface area contributed by atoms with Crippen LogP contribution in [0.1, 0.15) is 60.4 Å².